The predicted octanol–water partition coefficient (Wildman–Crippen LogP) is 1.68. The molecule has 1 saturated heterocycles. The SMILES string of the molecule is O=C(Oc1cccnc1)N1CCCC1. The van der Waals surface area contributed by atoms with Crippen molar-refractivity contribution in [3.05, 3.63) is 24.5 Å². The van der Waals surface area contributed by atoms with Gasteiger partial charge in [-0.2, -0.15) is 0 Å². The molecular weight excluding hydrogens is 180 g/mol. The standard InChI is InChI=1S/C10H12N2O2/c13-10(12-6-1-2-7-12)14-9-4-3-5-11-8-9/h3-5,8H,1-2,6-7H2. The molecule has 4 heteroatoms. The molecule has 14 heavy (non-hydrogen) atoms. The molecule has 0 bridgehead atoms. The number of amides is 1. The van der Waals surface area contributed by atoms with Crippen molar-refractivity contribution in [3.63, 3.8) is 0 Å². The van der Waals surface area contributed by atoms with E-state index in [2.05, 4.69) is 4.98 Å². The second kappa shape index (κ2) is 4.09. The summed E-state index contributed by atoms with van der Waals surface area (Å²) in [7, 11) is 0. The number of ether oxygens (including phenoxy) is 1. The number of rotatable bonds is 1. The Hall–Kier alpha value is -1.58. The lowest BCUT2D eigenvalue weighted by Crippen LogP contribution is -2.30. The van der Waals surface area contributed by atoms with Crippen LogP contribution in [0.5, 0.6) is 5.75 Å². The Bertz CT molecular complexity index is 307. The topological polar surface area (TPSA) is 42.4 Å². The molecule has 0 aliphatic carbocycles. The zero-order valence-electron chi connectivity index (χ0n) is 7.85. The zero-order valence-corrected chi connectivity index (χ0v) is 7.85. The van der Waals surface area contributed by atoms with Gasteiger partial charge in [0, 0.05) is 19.3 Å². The number of nitrogens with zero attached hydrogens (tertiary/aromatic N) is 2. The zero-order chi connectivity index (χ0) is 9.80. The molecule has 1 amide bonds. The molecule has 1 aromatic heterocycles. The van der Waals surface area contributed by atoms with Gasteiger partial charge in [-0.25, -0.2) is 4.79 Å². The summed E-state index contributed by atoms with van der Waals surface area (Å²) in [6.45, 7) is 1.61. The Balaban J connectivity index is 1.94. The molecule has 0 atom stereocenters. The third-order valence-electron chi connectivity index (χ3n) is 2.20. The molecular formula is C10H12N2O2. The fraction of sp³-hybridized carbons (Fsp3) is 0.400. The minimum Gasteiger partial charge on any atom is -0.409 e. The summed E-state index contributed by atoms with van der Waals surface area (Å²) in [5.41, 5.74) is 0. The lowest BCUT2D eigenvalue weighted by Gasteiger charge is -2.14. The van der Waals surface area contributed by atoms with E-state index >= 15 is 0 Å². The summed E-state index contributed by atoms with van der Waals surface area (Å²) < 4.78 is 5.12. The number of hydrogen-bond acceptors (Lipinski definition) is 3. The molecule has 0 saturated carbocycles. The van der Waals surface area contributed by atoms with E-state index in [4.69, 9.17) is 4.74 Å². The Morgan fingerprint density at radius 3 is 2.86 bits per heavy atom. The molecule has 2 heterocycles. The van der Waals surface area contributed by atoms with Gasteiger partial charge in [0.25, 0.3) is 0 Å². The van der Waals surface area contributed by atoms with Crippen LogP contribution in [0.1, 0.15) is 12.8 Å². The Kier molecular flexibility index (Phi) is 2.62. The maximum absolute atomic E-state index is 11.5. The summed E-state index contributed by atoms with van der Waals surface area (Å²) in [4.78, 5) is 17.1. The normalized spacial score (nSPS) is 15.6. The molecule has 0 unspecified atom stereocenters. The van der Waals surface area contributed by atoms with E-state index in [1.807, 2.05) is 0 Å². The number of carbonyl (C=O) groups is 1. The van der Waals surface area contributed by atoms with Crippen LogP contribution >= 0.6 is 0 Å². The Morgan fingerprint density at radius 1 is 1.43 bits per heavy atom. The number of carbonyl (C=O) groups excluding carboxylic acids is 1. The first-order valence-corrected chi connectivity index (χ1v) is 4.73. The van der Waals surface area contributed by atoms with Crippen LogP contribution in [0.25, 0.3) is 0 Å². The van der Waals surface area contributed by atoms with E-state index in [0.29, 0.717) is 5.75 Å². The molecule has 1 aliphatic heterocycles. The fourth-order valence-electron chi connectivity index (χ4n) is 1.47. The van der Waals surface area contributed by atoms with Crippen molar-refractivity contribution >= 4 is 6.09 Å². The highest BCUT2D eigenvalue weighted by atomic mass is 16.6. The van der Waals surface area contributed by atoms with E-state index < -0.39 is 0 Å². The average molecular weight is 192 g/mol. The van der Waals surface area contributed by atoms with Crippen molar-refractivity contribution in [2.75, 3.05) is 13.1 Å². The molecule has 1 aliphatic rings. The number of hydrogen-bond donors (Lipinski definition) is 0. The minimum atomic E-state index is -0.268. The van der Waals surface area contributed by atoms with Gasteiger partial charge in [0.2, 0.25) is 0 Å². The smallest absolute Gasteiger partial charge is 0.409 e. The largest absolute Gasteiger partial charge is 0.415 e. The summed E-state index contributed by atoms with van der Waals surface area (Å²) >= 11 is 0. The summed E-state index contributed by atoms with van der Waals surface area (Å²) in [5, 5.41) is 0. The van der Waals surface area contributed by atoms with Crippen LogP contribution in [0.3, 0.4) is 0 Å². The highest BCUT2D eigenvalue weighted by molar-refractivity contribution is 5.70. The van der Waals surface area contributed by atoms with Gasteiger partial charge < -0.3 is 9.64 Å². The molecule has 74 valence electrons. The molecule has 0 spiro atoms. The summed E-state index contributed by atoms with van der Waals surface area (Å²) in [6.07, 6.45) is 5.06. The van der Waals surface area contributed by atoms with Crippen LogP contribution in [0.15, 0.2) is 24.5 Å². The van der Waals surface area contributed by atoms with Crippen molar-refractivity contribution in [1.82, 2.24) is 9.88 Å². The quantitative estimate of drug-likeness (QED) is 0.679. The van der Waals surface area contributed by atoms with Gasteiger partial charge in [0.15, 0.2) is 5.75 Å². The second-order valence-electron chi connectivity index (χ2n) is 3.25. The van der Waals surface area contributed by atoms with Crippen molar-refractivity contribution in [2.24, 2.45) is 0 Å². The van der Waals surface area contributed by atoms with Gasteiger partial charge in [-0.3, -0.25) is 4.98 Å². The van der Waals surface area contributed by atoms with Crippen molar-refractivity contribution in [1.29, 1.82) is 0 Å². The van der Waals surface area contributed by atoms with Gasteiger partial charge in [-0.15, -0.1) is 0 Å². The first kappa shape index (κ1) is 8.99. The Morgan fingerprint density at radius 2 is 2.21 bits per heavy atom. The molecule has 1 fully saturated rings. The maximum atomic E-state index is 11.5. The first-order valence-electron chi connectivity index (χ1n) is 4.73. The van der Waals surface area contributed by atoms with E-state index in [0.717, 1.165) is 25.9 Å². The first-order chi connectivity index (χ1) is 6.86. The molecule has 0 radical (unpaired) electrons. The number of pyridine rings is 1. The highest BCUT2D eigenvalue weighted by Crippen LogP contribution is 2.12. The fourth-order valence-corrected chi connectivity index (χ4v) is 1.47. The van der Waals surface area contributed by atoms with Crippen LogP contribution in [0, 0.1) is 0 Å². The van der Waals surface area contributed by atoms with Gasteiger partial charge in [0.1, 0.15) is 0 Å². The predicted molar refractivity (Wildman–Crippen MR) is 51.1 cm³/mol. The van der Waals surface area contributed by atoms with Crippen LogP contribution < -0.4 is 4.74 Å². The van der Waals surface area contributed by atoms with E-state index in [9.17, 15) is 4.79 Å². The third kappa shape index (κ3) is 2.02. The average Bonchev–Trinajstić information content (AvgIpc) is 2.72. The highest BCUT2D eigenvalue weighted by Gasteiger charge is 2.19. The van der Waals surface area contributed by atoms with Gasteiger partial charge in [0.05, 0.1) is 6.20 Å². The second-order valence-corrected chi connectivity index (χ2v) is 3.25. The summed E-state index contributed by atoms with van der Waals surface area (Å²) in [6, 6.07) is 3.47. The lowest BCUT2D eigenvalue weighted by atomic mass is 10.4. The monoisotopic (exact) mass is 192 g/mol. The van der Waals surface area contributed by atoms with Gasteiger partial charge in [-0.05, 0) is 25.0 Å². The van der Waals surface area contributed by atoms with Crippen LogP contribution in [-0.4, -0.2) is 29.1 Å². The van der Waals surface area contributed by atoms with Crippen LogP contribution in [0.2, 0.25) is 0 Å². The van der Waals surface area contributed by atoms with E-state index in [1.54, 1.807) is 23.2 Å². The van der Waals surface area contributed by atoms with Crippen molar-refractivity contribution in [2.45, 2.75) is 12.8 Å². The Labute approximate surface area is 82.5 Å². The molecule has 0 N–H and O–H groups in total. The molecule has 1 aromatic rings. The van der Waals surface area contributed by atoms with Crippen molar-refractivity contribution in [3.8, 4) is 5.75 Å². The molecule has 2 rings (SSSR count). The van der Waals surface area contributed by atoms with E-state index in [-0.39, 0.29) is 6.09 Å². The number of likely N-dealkylation sites (tertiary alicyclic amines) is 1. The van der Waals surface area contributed by atoms with Crippen LogP contribution in [-0.2, 0) is 0 Å². The maximum Gasteiger partial charge on any atom is 0.415 e. The summed E-state index contributed by atoms with van der Waals surface area (Å²) in [5.74, 6) is 0.504. The van der Waals surface area contributed by atoms with Gasteiger partial charge in [-0.1, -0.05) is 0 Å². The minimum absolute atomic E-state index is 0.268. The van der Waals surface area contributed by atoms with Crippen molar-refractivity contribution < 1.29 is 9.53 Å². The van der Waals surface area contributed by atoms with E-state index in [1.165, 1.54) is 6.20 Å². The number of aromatic nitrogens is 1. The van der Waals surface area contributed by atoms with Crippen LogP contribution in [0.4, 0.5) is 4.79 Å². The molecule has 4 nitrogen and oxygen atoms in total. The van der Waals surface area contributed by atoms with Gasteiger partial charge >= 0.3 is 6.09 Å². The lowest BCUT2D eigenvalue weighted by molar-refractivity contribution is 0.162. The molecule has 0 aromatic carbocycles. The third-order valence-corrected chi connectivity index (χ3v) is 2.20.